The van der Waals surface area contributed by atoms with E-state index in [1.807, 2.05) is 34.1 Å². The van der Waals surface area contributed by atoms with Crippen LogP contribution in [0.2, 0.25) is 0 Å². The molecule has 2 aliphatic rings. The van der Waals surface area contributed by atoms with Gasteiger partial charge in [-0.1, -0.05) is 12.1 Å². The molecular weight excluding hydrogens is 304 g/mol. The number of amides is 2. The molecule has 6 nitrogen and oxygen atoms in total. The Morgan fingerprint density at radius 1 is 0.833 bits per heavy atom. The average Bonchev–Trinajstić information content (AvgIpc) is 3.12. The molecule has 2 fully saturated rings. The zero-order chi connectivity index (χ0) is 16.9. The van der Waals surface area contributed by atoms with Gasteiger partial charge < -0.3 is 15.5 Å². The summed E-state index contributed by atoms with van der Waals surface area (Å²) in [4.78, 5) is 30.6. The Bertz CT molecular complexity index is 573. The Kier molecular flexibility index (Phi) is 5.35. The third-order valence-electron chi connectivity index (χ3n) is 4.88. The highest BCUT2D eigenvalue weighted by molar-refractivity contribution is 5.79. The van der Waals surface area contributed by atoms with Gasteiger partial charge in [-0.2, -0.15) is 0 Å². The molecule has 24 heavy (non-hydrogen) atoms. The van der Waals surface area contributed by atoms with E-state index in [1.54, 1.807) is 0 Å². The van der Waals surface area contributed by atoms with Gasteiger partial charge in [0.1, 0.15) is 0 Å². The van der Waals surface area contributed by atoms with E-state index in [4.69, 9.17) is 5.73 Å². The van der Waals surface area contributed by atoms with Crippen LogP contribution in [0.25, 0.3) is 0 Å². The second-order valence-corrected chi connectivity index (χ2v) is 6.66. The van der Waals surface area contributed by atoms with Crippen molar-refractivity contribution >= 4 is 17.5 Å². The first-order chi connectivity index (χ1) is 11.6. The topological polar surface area (TPSA) is 69.9 Å². The summed E-state index contributed by atoms with van der Waals surface area (Å²) in [5.74, 6) is 0.374. The number of benzene rings is 1. The van der Waals surface area contributed by atoms with Gasteiger partial charge in [-0.05, 0) is 30.5 Å². The molecule has 2 heterocycles. The second-order valence-electron chi connectivity index (χ2n) is 6.66. The summed E-state index contributed by atoms with van der Waals surface area (Å²) in [6, 6.07) is 7.45. The van der Waals surface area contributed by atoms with Crippen LogP contribution in [0.1, 0.15) is 18.4 Å². The highest BCUT2D eigenvalue weighted by Gasteiger charge is 2.25. The molecule has 6 heteroatoms. The van der Waals surface area contributed by atoms with Gasteiger partial charge in [0.15, 0.2) is 0 Å². The molecule has 0 aromatic heterocycles. The van der Waals surface area contributed by atoms with Crippen LogP contribution < -0.4 is 5.73 Å². The maximum atomic E-state index is 12.4. The van der Waals surface area contributed by atoms with Gasteiger partial charge in [-0.3, -0.25) is 14.5 Å². The Balaban J connectivity index is 1.43. The van der Waals surface area contributed by atoms with Gasteiger partial charge in [0, 0.05) is 45.0 Å². The second kappa shape index (κ2) is 7.66. The highest BCUT2D eigenvalue weighted by Crippen LogP contribution is 2.11. The van der Waals surface area contributed by atoms with E-state index in [1.165, 1.54) is 0 Å². The fourth-order valence-electron chi connectivity index (χ4n) is 3.34. The average molecular weight is 330 g/mol. The smallest absolute Gasteiger partial charge is 0.236 e. The lowest BCUT2D eigenvalue weighted by Gasteiger charge is -2.35. The van der Waals surface area contributed by atoms with E-state index < -0.39 is 0 Å². The predicted octanol–water partition coefficient (Wildman–Crippen LogP) is 0.578. The lowest BCUT2D eigenvalue weighted by Crippen LogP contribution is -2.51. The Labute approximate surface area is 143 Å². The first kappa shape index (κ1) is 16.8. The maximum absolute atomic E-state index is 12.4. The van der Waals surface area contributed by atoms with Crippen molar-refractivity contribution in [2.75, 3.05) is 51.5 Å². The lowest BCUT2D eigenvalue weighted by atomic mass is 10.1. The van der Waals surface area contributed by atoms with Gasteiger partial charge in [-0.25, -0.2) is 0 Å². The molecule has 2 N–H and O–H groups in total. The first-order valence-corrected chi connectivity index (χ1v) is 8.74. The van der Waals surface area contributed by atoms with Crippen LogP contribution in [0, 0.1) is 0 Å². The van der Waals surface area contributed by atoms with Gasteiger partial charge in [0.2, 0.25) is 11.8 Å². The molecule has 2 amide bonds. The zero-order valence-corrected chi connectivity index (χ0v) is 14.1. The minimum atomic E-state index is 0.144. The van der Waals surface area contributed by atoms with Crippen molar-refractivity contribution in [2.24, 2.45) is 0 Å². The maximum Gasteiger partial charge on any atom is 0.236 e. The summed E-state index contributed by atoms with van der Waals surface area (Å²) in [5, 5.41) is 0. The molecule has 2 aliphatic heterocycles. The quantitative estimate of drug-likeness (QED) is 0.820. The first-order valence-electron chi connectivity index (χ1n) is 8.74. The van der Waals surface area contributed by atoms with Crippen LogP contribution in [-0.4, -0.2) is 72.3 Å². The molecule has 0 radical (unpaired) electrons. The van der Waals surface area contributed by atoms with Crippen molar-refractivity contribution in [3.63, 3.8) is 0 Å². The van der Waals surface area contributed by atoms with E-state index in [0.29, 0.717) is 31.7 Å². The molecule has 0 saturated carbocycles. The summed E-state index contributed by atoms with van der Waals surface area (Å²) in [6.07, 6.45) is 2.66. The number of carbonyl (C=O) groups excluding carboxylic acids is 2. The summed E-state index contributed by atoms with van der Waals surface area (Å²) < 4.78 is 0. The van der Waals surface area contributed by atoms with E-state index in [-0.39, 0.29) is 11.8 Å². The van der Waals surface area contributed by atoms with Crippen LogP contribution >= 0.6 is 0 Å². The Morgan fingerprint density at radius 3 is 2.04 bits per heavy atom. The number of piperazine rings is 1. The molecule has 0 unspecified atom stereocenters. The highest BCUT2D eigenvalue weighted by atomic mass is 16.2. The van der Waals surface area contributed by atoms with Crippen LogP contribution in [0.4, 0.5) is 5.69 Å². The fraction of sp³-hybridized carbons (Fsp3) is 0.556. The molecule has 1 aromatic carbocycles. The van der Waals surface area contributed by atoms with Crippen molar-refractivity contribution in [3.8, 4) is 0 Å². The molecule has 0 bridgehead atoms. The number of anilines is 1. The number of likely N-dealkylation sites (tertiary alicyclic amines) is 1. The van der Waals surface area contributed by atoms with E-state index in [9.17, 15) is 9.59 Å². The SMILES string of the molecule is Nc1ccc(CC(=O)N2CCN(CC(=O)N3CCCC3)CC2)cc1. The number of nitrogens with zero attached hydrogens (tertiary/aromatic N) is 3. The minimum absolute atomic E-state index is 0.144. The van der Waals surface area contributed by atoms with Crippen molar-refractivity contribution in [1.82, 2.24) is 14.7 Å². The predicted molar refractivity (Wildman–Crippen MR) is 93.4 cm³/mol. The number of hydrogen-bond donors (Lipinski definition) is 1. The number of nitrogens with two attached hydrogens (primary N) is 1. The molecule has 1 aromatic rings. The monoisotopic (exact) mass is 330 g/mol. The van der Waals surface area contributed by atoms with Gasteiger partial charge in [0.05, 0.1) is 13.0 Å². The summed E-state index contributed by atoms with van der Waals surface area (Å²) in [6.45, 7) is 5.22. The van der Waals surface area contributed by atoms with Crippen LogP contribution in [0.3, 0.4) is 0 Å². The molecule has 0 spiro atoms. The van der Waals surface area contributed by atoms with Crippen molar-refractivity contribution in [3.05, 3.63) is 29.8 Å². The standard InChI is InChI=1S/C18H26N4O2/c19-16-5-3-15(4-6-16)13-17(23)22-11-9-20(10-12-22)14-18(24)21-7-1-2-8-21/h3-6H,1-2,7-14,19H2. The number of rotatable bonds is 4. The molecule has 0 aliphatic carbocycles. The number of nitrogen functional groups attached to an aromatic ring is 1. The molecular formula is C18H26N4O2. The lowest BCUT2D eigenvalue weighted by molar-refractivity contribution is -0.134. The molecule has 2 saturated heterocycles. The van der Waals surface area contributed by atoms with Gasteiger partial charge in [0.25, 0.3) is 0 Å². The van der Waals surface area contributed by atoms with Crippen LogP contribution in [0.5, 0.6) is 0 Å². The Morgan fingerprint density at radius 2 is 1.42 bits per heavy atom. The third kappa shape index (κ3) is 4.26. The van der Waals surface area contributed by atoms with Crippen LogP contribution in [0.15, 0.2) is 24.3 Å². The van der Waals surface area contributed by atoms with E-state index >= 15 is 0 Å². The zero-order valence-electron chi connectivity index (χ0n) is 14.1. The summed E-state index contributed by atoms with van der Waals surface area (Å²) in [5.41, 5.74) is 7.37. The van der Waals surface area contributed by atoms with E-state index in [0.717, 1.165) is 44.6 Å². The Hall–Kier alpha value is -2.08. The number of carbonyl (C=O) groups is 2. The number of hydrogen-bond acceptors (Lipinski definition) is 4. The molecule has 130 valence electrons. The normalized spacial score (nSPS) is 18.8. The van der Waals surface area contributed by atoms with Crippen molar-refractivity contribution in [2.45, 2.75) is 19.3 Å². The van der Waals surface area contributed by atoms with Crippen molar-refractivity contribution in [1.29, 1.82) is 0 Å². The summed E-state index contributed by atoms with van der Waals surface area (Å²) in [7, 11) is 0. The fourth-order valence-corrected chi connectivity index (χ4v) is 3.34. The molecule has 0 atom stereocenters. The van der Waals surface area contributed by atoms with Gasteiger partial charge >= 0.3 is 0 Å². The van der Waals surface area contributed by atoms with Gasteiger partial charge in [-0.15, -0.1) is 0 Å². The third-order valence-corrected chi connectivity index (χ3v) is 4.88. The molecule has 3 rings (SSSR count). The summed E-state index contributed by atoms with van der Waals surface area (Å²) >= 11 is 0. The van der Waals surface area contributed by atoms with Crippen LogP contribution in [-0.2, 0) is 16.0 Å². The van der Waals surface area contributed by atoms with Crippen molar-refractivity contribution < 1.29 is 9.59 Å². The largest absolute Gasteiger partial charge is 0.399 e. The van der Waals surface area contributed by atoms with E-state index in [2.05, 4.69) is 4.90 Å². The minimum Gasteiger partial charge on any atom is -0.399 e.